The molecule has 1 heterocycles. The van der Waals surface area contributed by atoms with Gasteiger partial charge >= 0.3 is 0 Å². The summed E-state index contributed by atoms with van der Waals surface area (Å²) in [6.07, 6.45) is 4.13. The second-order valence-electron chi connectivity index (χ2n) is 5.63. The molecule has 1 aliphatic heterocycles. The molecule has 102 valence electrons. The van der Waals surface area contributed by atoms with Crippen LogP contribution in [0.15, 0.2) is 0 Å². The Hall–Kier alpha value is -0.120. The predicted molar refractivity (Wildman–Crippen MR) is 73.4 cm³/mol. The molecule has 2 unspecified atom stereocenters. The monoisotopic (exact) mass is 242 g/mol. The second-order valence-corrected chi connectivity index (χ2v) is 5.63. The Morgan fingerprint density at radius 2 is 2.12 bits per heavy atom. The molecule has 0 spiro atoms. The van der Waals surface area contributed by atoms with E-state index in [0.717, 1.165) is 19.7 Å². The lowest BCUT2D eigenvalue weighted by atomic mass is 10.1. The topological polar surface area (TPSA) is 24.5 Å². The molecule has 1 rings (SSSR count). The summed E-state index contributed by atoms with van der Waals surface area (Å²) in [5.74, 6) is 0. The minimum absolute atomic E-state index is 0.397. The fraction of sp³-hybridized carbons (Fsp3) is 1.00. The Balaban J connectivity index is 2.18. The third-order valence-electron chi connectivity index (χ3n) is 3.46. The van der Waals surface area contributed by atoms with Crippen molar-refractivity contribution in [3.05, 3.63) is 0 Å². The van der Waals surface area contributed by atoms with Crippen LogP contribution in [-0.4, -0.2) is 49.3 Å². The predicted octanol–water partition coefficient (Wildman–Crippen LogP) is 2.26. The first kappa shape index (κ1) is 14.9. The van der Waals surface area contributed by atoms with Gasteiger partial charge in [-0.25, -0.2) is 0 Å². The first-order valence-electron chi connectivity index (χ1n) is 7.18. The molecular formula is C14H30N2O. The summed E-state index contributed by atoms with van der Waals surface area (Å²) in [4.78, 5) is 2.59. The number of nitrogens with one attached hydrogen (secondary N) is 1. The highest BCUT2D eigenvalue weighted by molar-refractivity contribution is 4.73. The van der Waals surface area contributed by atoms with Crippen LogP contribution >= 0.6 is 0 Å². The summed E-state index contributed by atoms with van der Waals surface area (Å²) >= 11 is 0. The van der Waals surface area contributed by atoms with Crippen LogP contribution in [0.1, 0.15) is 47.0 Å². The van der Waals surface area contributed by atoms with Crippen molar-refractivity contribution < 1.29 is 4.74 Å². The van der Waals surface area contributed by atoms with E-state index in [9.17, 15) is 0 Å². The van der Waals surface area contributed by atoms with Gasteiger partial charge < -0.3 is 10.1 Å². The molecule has 0 radical (unpaired) electrons. The average molecular weight is 242 g/mol. The maximum Gasteiger partial charge on any atom is 0.0673 e. The maximum atomic E-state index is 5.69. The highest BCUT2D eigenvalue weighted by atomic mass is 16.5. The lowest BCUT2D eigenvalue weighted by Crippen LogP contribution is -2.38. The van der Waals surface area contributed by atoms with Crippen molar-refractivity contribution >= 4 is 0 Å². The van der Waals surface area contributed by atoms with Crippen molar-refractivity contribution in [3.63, 3.8) is 0 Å². The summed E-state index contributed by atoms with van der Waals surface area (Å²) in [6, 6.07) is 1.30. The molecule has 17 heavy (non-hydrogen) atoms. The van der Waals surface area contributed by atoms with E-state index in [2.05, 4.69) is 37.9 Å². The Labute approximate surface area is 107 Å². The van der Waals surface area contributed by atoms with Crippen LogP contribution in [0.25, 0.3) is 0 Å². The molecule has 2 atom stereocenters. The van der Waals surface area contributed by atoms with Crippen LogP contribution in [0, 0.1) is 0 Å². The molecule has 0 aromatic rings. The van der Waals surface area contributed by atoms with Gasteiger partial charge in [-0.3, -0.25) is 4.90 Å². The zero-order valence-corrected chi connectivity index (χ0v) is 12.0. The van der Waals surface area contributed by atoms with Gasteiger partial charge in [0, 0.05) is 31.8 Å². The molecule has 0 aromatic heterocycles. The van der Waals surface area contributed by atoms with Crippen molar-refractivity contribution in [2.24, 2.45) is 0 Å². The van der Waals surface area contributed by atoms with Crippen molar-refractivity contribution in [2.75, 3.05) is 26.2 Å². The highest BCUT2D eigenvalue weighted by Gasteiger charge is 2.19. The summed E-state index contributed by atoms with van der Waals surface area (Å²) < 4.78 is 5.69. The Morgan fingerprint density at radius 3 is 2.82 bits per heavy atom. The van der Waals surface area contributed by atoms with E-state index in [4.69, 9.17) is 4.74 Å². The van der Waals surface area contributed by atoms with E-state index in [1.807, 2.05) is 0 Å². The summed E-state index contributed by atoms with van der Waals surface area (Å²) in [7, 11) is 0. The van der Waals surface area contributed by atoms with Gasteiger partial charge in [-0.1, -0.05) is 13.8 Å². The smallest absolute Gasteiger partial charge is 0.0673 e. The van der Waals surface area contributed by atoms with Crippen LogP contribution in [0.4, 0.5) is 0 Å². The molecule has 1 N–H and O–H groups in total. The zero-order chi connectivity index (χ0) is 12.7. The summed E-state index contributed by atoms with van der Waals surface area (Å²) in [5, 5.41) is 3.48. The van der Waals surface area contributed by atoms with Crippen molar-refractivity contribution in [1.29, 1.82) is 0 Å². The second kappa shape index (κ2) is 8.06. The SMILES string of the molecule is CC(C)NCCCC(C)N1CCCOC(C)C1. The van der Waals surface area contributed by atoms with Crippen LogP contribution in [-0.2, 0) is 4.74 Å². The minimum Gasteiger partial charge on any atom is -0.377 e. The molecule has 0 aromatic carbocycles. The lowest BCUT2D eigenvalue weighted by molar-refractivity contribution is 0.0611. The average Bonchev–Trinajstić information content (AvgIpc) is 2.48. The maximum absolute atomic E-state index is 5.69. The molecule has 1 fully saturated rings. The van der Waals surface area contributed by atoms with E-state index in [1.165, 1.54) is 25.8 Å². The van der Waals surface area contributed by atoms with Crippen LogP contribution in [0.2, 0.25) is 0 Å². The summed E-state index contributed by atoms with van der Waals surface area (Å²) in [6.45, 7) is 13.3. The number of ether oxygens (including phenoxy) is 1. The Bertz CT molecular complexity index is 197. The van der Waals surface area contributed by atoms with E-state index in [-0.39, 0.29) is 0 Å². The van der Waals surface area contributed by atoms with Gasteiger partial charge in [0.25, 0.3) is 0 Å². The molecule has 0 bridgehead atoms. The first-order chi connectivity index (χ1) is 8.09. The van der Waals surface area contributed by atoms with E-state index >= 15 is 0 Å². The van der Waals surface area contributed by atoms with E-state index in [0.29, 0.717) is 18.2 Å². The van der Waals surface area contributed by atoms with Gasteiger partial charge in [-0.15, -0.1) is 0 Å². The number of hydrogen-bond acceptors (Lipinski definition) is 3. The molecule has 1 aliphatic rings. The van der Waals surface area contributed by atoms with Crippen molar-refractivity contribution in [2.45, 2.75) is 65.1 Å². The molecule has 1 saturated heterocycles. The first-order valence-corrected chi connectivity index (χ1v) is 7.18. The Morgan fingerprint density at radius 1 is 1.35 bits per heavy atom. The molecule has 3 nitrogen and oxygen atoms in total. The molecule has 3 heteroatoms. The third-order valence-corrected chi connectivity index (χ3v) is 3.46. The summed E-state index contributed by atoms with van der Waals surface area (Å²) in [5.41, 5.74) is 0. The van der Waals surface area contributed by atoms with Crippen molar-refractivity contribution in [1.82, 2.24) is 10.2 Å². The molecule has 0 aliphatic carbocycles. The van der Waals surface area contributed by atoms with Gasteiger partial charge in [-0.2, -0.15) is 0 Å². The molecule has 0 saturated carbocycles. The van der Waals surface area contributed by atoms with Gasteiger partial charge in [0.1, 0.15) is 0 Å². The minimum atomic E-state index is 0.397. The highest BCUT2D eigenvalue weighted by Crippen LogP contribution is 2.12. The quantitative estimate of drug-likeness (QED) is 0.723. The third kappa shape index (κ3) is 6.39. The fourth-order valence-electron chi connectivity index (χ4n) is 2.40. The van der Waals surface area contributed by atoms with Crippen LogP contribution < -0.4 is 5.32 Å². The lowest BCUT2D eigenvalue weighted by Gasteiger charge is -2.28. The van der Waals surface area contributed by atoms with E-state index in [1.54, 1.807) is 0 Å². The van der Waals surface area contributed by atoms with Gasteiger partial charge in [0.05, 0.1) is 6.10 Å². The van der Waals surface area contributed by atoms with Crippen LogP contribution in [0.3, 0.4) is 0 Å². The van der Waals surface area contributed by atoms with Gasteiger partial charge in [0.2, 0.25) is 0 Å². The standard InChI is InChI=1S/C14H30N2O/c1-12(2)15-8-5-7-13(3)16-9-6-10-17-14(4)11-16/h12-15H,5-11H2,1-4H3. The van der Waals surface area contributed by atoms with Gasteiger partial charge in [0.15, 0.2) is 0 Å². The Kier molecular flexibility index (Phi) is 7.09. The largest absolute Gasteiger partial charge is 0.377 e. The number of nitrogens with zero attached hydrogens (tertiary/aromatic N) is 1. The fourth-order valence-corrected chi connectivity index (χ4v) is 2.40. The number of hydrogen-bond donors (Lipinski definition) is 1. The zero-order valence-electron chi connectivity index (χ0n) is 12.0. The normalized spacial score (nSPS) is 24.9. The van der Waals surface area contributed by atoms with Crippen molar-refractivity contribution in [3.8, 4) is 0 Å². The number of rotatable bonds is 6. The van der Waals surface area contributed by atoms with Gasteiger partial charge in [-0.05, 0) is 39.7 Å². The van der Waals surface area contributed by atoms with E-state index < -0.39 is 0 Å². The molecule has 0 amide bonds. The van der Waals surface area contributed by atoms with Crippen LogP contribution in [0.5, 0.6) is 0 Å². The molecular weight excluding hydrogens is 212 g/mol.